The highest BCUT2D eigenvalue weighted by Gasteiger charge is 2.20. The molecule has 0 aliphatic heterocycles. The molecule has 0 saturated heterocycles. The molecule has 0 aliphatic rings. The van der Waals surface area contributed by atoms with E-state index in [-0.39, 0.29) is 24.6 Å². The third kappa shape index (κ3) is 15.9. The molecule has 5 heteroatoms. The van der Waals surface area contributed by atoms with Crippen molar-refractivity contribution in [3.8, 4) is 0 Å². The van der Waals surface area contributed by atoms with Gasteiger partial charge >= 0.3 is 11.9 Å². The molecule has 0 bridgehead atoms. The molecule has 2 unspecified atom stereocenters. The Balaban J connectivity index is 2.52. The largest absolute Gasteiger partial charge is 0.481 e. The Labute approximate surface area is 194 Å². The molecule has 0 radical (unpaired) electrons. The number of rotatable bonds is 20. The molecule has 0 saturated carbocycles. The third-order valence-electron chi connectivity index (χ3n) is 5.73. The first-order chi connectivity index (χ1) is 15.5. The quantitative estimate of drug-likeness (QED) is 0.171. The molecule has 2 atom stereocenters. The van der Waals surface area contributed by atoms with Crippen LogP contribution in [0.2, 0.25) is 0 Å². The van der Waals surface area contributed by atoms with Crippen molar-refractivity contribution < 1.29 is 24.2 Å². The van der Waals surface area contributed by atoms with Crippen LogP contribution in [0.1, 0.15) is 109 Å². The molecule has 1 aromatic carbocycles. The van der Waals surface area contributed by atoms with E-state index in [9.17, 15) is 9.59 Å². The Morgan fingerprint density at radius 2 is 1.44 bits per heavy atom. The predicted octanol–water partition coefficient (Wildman–Crippen LogP) is 7.07. The van der Waals surface area contributed by atoms with Gasteiger partial charge in [-0.3, -0.25) is 9.59 Å². The van der Waals surface area contributed by atoms with Gasteiger partial charge in [0.05, 0.1) is 12.7 Å². The second-order valence-corrected chi connectivity index (χ2v) is 8.79. The van der Waals surface area contributed by atoms with Gasteiger partial charge in [0, 0.05) is 19.8 Å². The van der Waals surface area contributed by atoms with Crippen LogP contribution >= 0.6 is 0 Å². The van der Waals surface area contributed by atoms with Crippen molar-refractivity contribution in [2.24, 2.45) is 0 Å². The first-order valence-corrected chi connectivity index (χ1v) is 12.6. The van der Waals surface area contributed by atoms with Crippen LogP contribution in [-0.2, 0) is 25.7 Å². The lowest BCUT2D eigenvalue weighted by Gasteiger charge is -2.24. The fraction of sp³-hybridized carbons (Fsp3) is 0.704. The summed E-state index contributed by atoms with van der Waals surface area (Å²) < 4.78 is 11.8. The maximum absolute atomic E-state index is 11.6. The lowest BCUT2D eigenvalue weighted by molar-refractivity contribution is -0.149. The van der Waals surface area contributed by atoms with Gasteiger partial charge in [0.2, 0.25) is 0 Å². The van der Waals surface area contributed by atoms with Gasteiger partial charge in [-0.15, -0.1) is 0 Å². The normalized spacial score (nSPS) is 12.9. The Kier molecular flexibility index (Phi) is 16.4. The number of unbranched alkanes of at least 4 members (excludes halogenated alkanes) is 8. The molecule has 0 aliphatic carbocycles. The summed E-state index contributed by atoms with van der Waals surface area (Å²) in [5.41, 5.74) is 1.14. The zero-order chi connectivity index (χ0) is 23.4. The van der Waals surface area contributed by atoms with Crippen molar-refractivity contribution in [3.63, 3.8) is 0 Å². The number of carbonyl (C=O) groups excluding carboxylic acids is 1. The van der Waals surface area contributed by atoms with Crippen LogP contribution in [0.5, 0.6) is 0 Å². The fourth-order valence-electron chi connectivity index (χ4n) is 3.96. The van der Waals surface area contributed by atoms with Crippen molar-refractivity contribution in [1.29, 1.82) is 0 Å². The van der Waals surface area contributed by atoms with Gasteiger partial charge in [-0.1, -0.05) is 88.6 Å². The Hall–Kier alpha value is -1.88. The Bertz CT molecular complexity index is 601. The van der Waals surface area contributed by atoms with E-state index in [1.54, 1.807) is 0 Å². The molecule has 1 N–H and O–H groups in total. The number of ether oxygens (including phenoxy) is 2. The van der Waals surface area contributed by atoms with E-state index in [2.05, 4.69) is 19.1 Å². The molecule has 0 heterocycles. The van der Waals surface area contributed by atoms with Gasteiger partial charge in [0.1, 0.15) is 6.10 Å². The number of esters is 1. The van der Waals surface area contributed by atoms with E-state index in [4.69, 9.17) is 14.6 Å². The summed E-state index contributed by atoms with van der Waals surface area (Å²) in [4.78, 5) is 22.4. The second kappa shape index (κ2) is 18.7. The van der Waals surface area contributed by atoms with Crippen molar-refractivity contribution >= 4 is 11.9 Å². The standard InChI is InChI=1S/C27H44O5/c1-3-4-5-6-7-8-9-13-18-25(31-22-24-16-11-10-12-17-24)21-26(32-23(2)28)19-14-15-20-27(29)30/h10-12,16-17,25-26H,3-9,13-15,18-22H2,1-2H3,(H,29,30). The molecule has 0 fully saturated rings. The molecule has 1 aromatic rings. The van der Waals surface area contributed by atoms with Crippen molar-refractivity contribution in [2.45, 2.75) is 123 Å². The number of benzene rings is 1. The first-order valence-electron chi connectivity index (χ1n) is 12.6. The van der Waals surface area contributed by atoms with Crippen LogP contribution in [0.15, 0.2) is 30.3 Å². The lowest BCUT2D eigenvalue weighted by atomic mass is 9.99. The van der Waals surface area contributed by atoms with E-state index in [0.29, 0.717) is 25.9 Å². The van der Waals surface area contributed by atoms with Crippen LogP contribution in [-0.4, -0.2) is 29.3 Å². The van der Waals surface area contributed by atoms with Crippen LogP contribution in [0.3, 0.4) is 0 Å². The molecule has 0 spiro atoms. The van der Waals surface area contributed by atoms with E-state index < -0.39 is 5.97 Å². The second-order valence-electron chi connectivity index (χ2n) is 8.79. The van der Waals surface area contributed by atoms with Crippen molar-refractivity contribution in [3.05, 3.63) is 35.9 Å². The maximum atomic E-state index is 11.6. The smallest absolute Gasteiger partial charge is 0.303 e. The van der Waals surface area contributed by atoms with Crippen LogP contribution in [0, 0.1) is 0 Å². The fourth-order valence-corrected chi connectivity index (χ4v) is 3.96. The van der Waals surface area contributed by atoms with Crippen LogP contribution < -0.4 is 0 Å². The van der Waals surface area contributed by atoms with Gasteiger partial charge in [-0.2, -0.15) is 0 Å². The van der Waals surface area contributed by atoms with Gasteiger partial charge < -0.3 is 14.6 Å². The minimum absolute atomic E-state index is 0.0270. The molecule has 32 heavy (non-hydrogen) atoms. The van der Waals surface area contributed by atoms with Gasteiger partial charge in [0.15, 0.2) is 0 Å². The predicted molar refractivity (Wildman–Crippen MR) is 129 cm³/mol. The Morgan fingerprint density at radius 3 is 2.06 bits per heavy atom. The average molecular weight is 449 g/mol. The van der Waals surface area contributed by atoms with Crippen LogP contribution in [0.4, 0.5) is 0 Å². The van der Waals surface area contributed by atoms with E-state index in [1.165, 1.54) is 51.9 Å². The third-order valence-corrected chi connectivity index (χ3v) is 5.73. The van der Waals surface area contributed by atoms with Gasteiger partial charge in [-0.25, -0.2) is 0 Å². The average Bonchev–Trinajstić information content (AvgIpc) is 2.76. The summed E-state index contributed by atoms with van der Waals surface area (Å²) in [6.45, 7) is 4.22. The summed E-state index contributed by atoms with van der Waals surface area (Å²) in [6.07, 6.45) is 13.7. The van der Waals surface area contributed by atoms with Crippen molar-refractivity contribution in [2.75, 3.05) is 0 Å². The van der Waals surface area contributed by atoms with Crippen molar-refractivity contribution in [1.82, 2.24) is 0 Å². The SMILES string of the molecule is CCCCCCCCCCC(CC(CCCCC(=O)O)OC(C)=O)OCc1ccccc1. The summed E-state index contributed by atoms with van der Waals surface area (Å²) in [5.74, 6) is -1.07. The number of hydrogen-bond donors (Lipinski definition) is 1. The Morgan fingerprint density at radius 1 is 0.844 bits per heavy atom. The number of carbonyl (C=O) groups is 2. The van der Waals surface area contributed by atoms with E-state index in [0.717, 1.165) is 24.8 Å². The minimum atomic E-state index is -0.784. The first kappa shape index (κ1) is 28.2. The summed E-state index contributed by atoms with van der Waals surface area (Å²) in [7, 11) is 0. The molecular weight excluding hydrogens is 404 g/mol. The summed E-state index contributed by atoms with van der Waals surface area (Å²) in [6, 6.07) is 10.1. The zero-order valence-corrected chi connectivity index (χ0v) is 20.2. The molecule has 182 valence electrons. The topological polar surface area (TPSA) is 72.8 Å². The number of aliphatic carboxylic acids is 1. The summed E-state index contributed by atoms with van der Waals surface area (Å²) in [5, 5.41) is 8.84. The zero-order valence-electron chi connectivity index (χ0n) is 20.2. The van der Waals surface area contributed by atoms with Crippen LogP contribution in [0.25, 0.3) is 0 Å². The molecule has 5 nitrogen and oxygen atoms in total. The number of carboxylic acid groups (broad SMARTS) is 1. The number of hydrogen-bond acceptors (Lipinski definition) is 4. The molecular formula is C27H44O5. The van der Waals surface area contributed by atoms with E-state index in [1.807, 2.05) is 18.2 Å². The summed E-state index contributed by atoms with van der Waals surface area (Å²) >= 11 is 0. The highest BCUT2D eigenvalue weighted by Crippen LogP contribution is 2.21. The highest BCUT2D eigenvalue weighted by atomic mass is 16.5. The lowest BCUT2D eigenvalue weighted by Crippen LogP contribution is -2.25. The number of carboxylic acids is 1. The molecule has 1 rings (SSSR count). The molecule has 0 aromatic heterocycles. The van der Waals surface area contributed by atoms with Gasteiger partial charge in [-0.05, 0) is 31.2 Å². The highest BCUT2D eigenvalue weighted by molar-refractivity contribution is 5.66. The van der Waals surface area contributed by atoms with E-state index >= 15 is 0 Å². The minimum Gasteiger partial charge on any atom is -0.481 e. The monoisotopic (exact) mass is 448 g/mol. The maximum Gasteiger partial charge on any atom is 0.303 e. The molecule has 0 amide bonds. The van der Waals surface area contributed by atoms with Gasteiger partial charge in [0.25, 0.3) is 0 Å².